The van der Waals surface area contributed by atoms with Crippen LogP contribution in [0.3, 0.4) is 0 Å². The van der Waals surface area contributed by atoms with Gasteiger partial charge < -0.3 is 9.32 Å². The number of carbonyl (C=O) groups is 1. The van der Waals surface area contributed by atoms with Crippen LogP contribution in [0.5, 0.6) is 0 Å². The summed E-state index contributed by atoms with van der Waals surface area (Å²) in [5, 5.41) is 0. The Labute approximate surface area is 165 Å². The van der Waals surface area contributed by atoms with Gasteiger partial charge in [0.1, 0.15) is 5.52 Å². The highest BCUT2D eigenvalue weighted by Crippen LogP contribution is 2.36. The van der Waals surface area contributed by atoms with Crippen LogP contribution < -0.4 is 0 Å². The van der Waals surface area contributed by atoms with Crippen LogP contribution in [-0.2, 0) is 12.8 Å². The second-order valence-electron chi connectivity index (χ2n) is 8.27. The molecule has 1 saturated heterocycles. The molecular formula is C24H26N2O2. The molecule has 144 valence electrons. The largest absolute Gasteiger partial charge is 0.441 e. The molecule has 1 aliphatic heterocycles. The molecule has 2 fully saturated rings. The van der Waals surface area contributed by atoms with Crippen LogP contribution in [0.1, 0.15) is 53.9 Å². The fraction of sp³-hybridized carbons (Fsp3) is 0.417. The molecule has 0 N–H and O–H groups in total. The summed E-state index contributed by atoms with van der Waals surface area (Å²) in [7, 11) is 0. The molecular weight excluding hydrogens is 348 g/mol. The number of aromatic nitrogens is 1. The minimum absolute atomic E-state index is 0.157. The van der Waals surface area contributed by atoms with Gasteiger partial charge in [-0.15, -0.1) is 0 Å². The summed E-state index contributed by atoms with van der Waals surface area (Å²) in [6, 6.07) is 16.6. The summed E-state index contributed by atoms with van der Waals surface area (Å²) in [6.45, 7) is 0.922. The minimum atomic E-state index is 0.157. The number of aryl methyl sites for hydroxylation is 2. The van der Waals surface area contributed by atoms with Crippen molar-refractivity contribution in [1.82, 2.24) is 9.88 Å². The molecule has 2 heterocycles. The number of benzene rings is 2. The van der Waals surface area contributed by atoms with Gasteiger partial charge in [-0.25, -0.2) is 4.98 Å². The van der Waals surface area contributed by atoms with Crippen LogP contribution >= 0.6 is 0 Å². The fourth-order valence-corrected chi connectivity index (χ4v) is 4.86. The van der Waals surface area contributed by atoms with Crippen LogP contribution in [0.15, 0.2) is 52.9 Å². The van der Waals surface area contributed by atoms with E-state index >= 15 is 0 Å². The molecule has 1 aromatic heterocycles. The van der Waals surface area contributed by atoms with E-state index in [-0.39, 0.29) is 5.91 Å². The van der Waals surface area contributed by atoms with Gasteiger partial charge in [-0.2, -0.15) is 0 Å². The lowest BCUT2D eigenvalue weighted by Gasteiger charge is -2.24. The highest BCUT2D eigenvalue weighted by Gasteiger charge is 2.38. The second kappa shape index (κ2) is 7.42. The van der Waals surface area contributed by atoms with Gasteiger partial charge in [-0.3, -0.25) is 4.79 Å². The maximum Gasteiger partial charge on any atom is 0.254 e. The first-order valence-electron chi connectivity index (χ1n) is 10.5. The average molecular weight is 374 g/mol. The first-order valence-corrected chi connectivity index (χ1v) is 10.5. The molecule has 1 saturated carbocycles. The van der Waals surface area contributed by atoms with E-state index in [1.54, 1.807) is 0 Å². The summed E-state index contributed by atoms with van der Waals surface area (Å²) in [5.41, 5.74) is 3.64. The number of fused-ring (bicyclic) bond motifs is 3. The number of rotatable bonds is 5. The van der Waals surface area contributed by atoms with E-state index in [4.69, 9.17) is 4.42 Å². The molecule has 0 unspecified atom stereocenters. The quantitative estimate of drug-likeness (QED) is 0.630. The van der Waals surface area contributed by atoms with Crippen LogP contribution in [-0.4, -0.2) is 28.4 Å². The van der Waals surface area contributed by atoms with Gasteiger partial charge in [0.2, 0.25) is 0 Å². The highest BCUT2D eigenvalue weighted by molar-refractivity contribution is 5.97. The Balaban J connectivity index is 1.28. The average Bonchev–Trinajstić information content (AvgIpc) is 3.27. The second-order valence-corrected chi connectivity index (χ2v) is 8.27. The minimum Gasteiger partial charge on any atom is -0.441 e. The van der Waals surface area contributed by atoms with Gasteiger partial charge in [0.05, 0.1) is 0 Å². The summed E-state index contributed by atoms with van der Waals surface area (Å²) in [6.07, 6.45) is 7.69. The van der Waals surface area contributed by atoms with E-state index in [2.05, 4.69) is 34.1 Å². The van der Waals surface area contributed by atoms with Crippen molar-refractivity contribution in [2.45, 2.75) is 51.0 Å². The lowest BCUT2D eigenvalue weighted by Crippen LogP contribution is -2.35. The van der Waals surface area contributed by atoms with Gasteiger partial charge in [-0.1, -0.05) is 36.8 Å². The maximum atomic E-state index is 13.0. The Morgan fingerprint density at radius 2 is 2.00 bits per heavy atom. The highest BCUT2D eigenvalue weighted by atomic mass is 16.3. The van der Waals surface area contributed by atoms with Crippen LogP contribution in [0, 0.1) is 5.92 Å². The van der Waals surface area contributed by atoms with E-state index in [0.717, 1.165) is 54.8 Å². The Bertz CT molecular complexity index is 979. The van der Waals surface area contributed by atoms with Crippen molar-refractivity contribution in [2.75, 3.05) is 6.54 Å². The van der Waals surface area contributed by atoms with E-state index in [0.29, 0.717) is 12.0 Å². The van der Waals surface area contributed by atoms with Crippen molar-refractivity contribution in [1.29, 1.82) is 0 Å². The molecule has 2 bridgehead atoms. The molecule has 0 spiro atoms. The van der Waals surface area contributed by atoms with Crippen molar-refractivity contribution in [3.63, 3.8) is 0 Å². The predicted octanol–water partition coefficient (Wildman–Crippen LogP) is 5.02. The molecule has 28 heavy (non-hydrogen) atoms. The lowest BCUT2D eigenvalue weighted by atomic mass is 9.90. The van der Waals surface area contributed by atoms with Crippen molar-refractivity contribution < 1.29 is 9.21 Å². The third kappa shape index (κ3) is 3.44. The third-order valence-corrected chi connectivity index (χ3v) is 6.29. The predicted molar refractivity (Wildman–Crippen MR) is 109 cm³/mol. The smallest absolute Gasteiger partial charge is 0.254 e. The van der Waals surface area contributed by atoms with Gasteiger partial charge in [0, 0.05) is 24.6 Å². The van der Waals surface area contributed by atoms with E-state index in [9.17, 15) is 4.79 Å². The Morgan fingerprint density at radius 3 is 2.86 bits per heavy atom. The zero-order chi connectivity index (χ0) is 18.9. The molecule has 3 aromatic rings. The maximum absolute atomic E-state index is 13.0. The number of carbonyl (C=O) groups excluding carboxylic acids is 1. The molecule has 1 amide bonds. The van der Waals surface area contributed by atoms with Crippen molar-refractivity contribution in [3.05, 3.63) is 65.5 Å². The number of likely N-dealkylation sites (tertiary alicyclic amines) is 1. The zero-order valence-corrected chi connectivity index (χ0v) is 16.1. The number of hydrogen-bond donors (Lipinski definition) is 0. The monoisotopic (exact) mass is 374 g/mol. The lowest BCUT2D eigenvalue weighted by molar-refractivity contribution is 0.0733. The normalized spacial score (nSPS) is 21.4. The Kier molecular flexibility index (Phi) is 4.63. The SMILES string of the molecule is O=C(c1ccc2oc(CCCc3ccccc3)nc2c1)N1C[C@H]2CCC[C@@H]1C2. The van der Waals surface area contributed by atoms with Crippen molar-refractivity contribution >= 4 is 17.0 Å². The van der Waals surface area contributed by atoms with Gasteiger partial charge in [-0.05, 0) is 61.8 Å². The first-order chi connectivity index (χ1) is 13.8. The van der Waals surface area contributed by atoms with E-state index < -0.39 is 0 Å². The van der Waals surface area contributed by atoms with Crippen LogP contribution in [0.2, 0.25) is 0 Å². The summed E-state index contributed by atoms with van der Waals surface area (Å²) >= 11 is 0. The molecule has 5 rings (SSSR count). The molecule has 1 aliphatic carbocycles. The van der Waals surface area contributed by atoms with Crippen LogP contribution in [0.4, 0.5) is 0 Å². The summed E-state index contributed by atoms with van der Waals surface area (Å²) in [4.78, 5) is 19.8. The molecule has 0 radical (unpaired) electrons. The number of hydrogen-bond acceptors (Lipinski definition) is 3. The third-order valence-electron chi connectivity index (χ3n) is 6.29. The standard InChI is InChI=1S/C24H26N2O2/c27-24(26-16-18-9-4-10-20(26)14-18)19-12-13-22-21(15-19)25-23(28-22)11-5-8-17-6-2-1-3-7-17/h1-3,6-7,12-13,15,18,20H,4-5,8-11,14,16H2/t18-,20+/m0/s1. The fourth-order valence-electron chi connectivity index (χ4n) is 4.86. The van der Waals surface area contributed by atoms with Crippen molar-refractivity contribution in [2.24, 2.45) is 5.92 Å². The Hall–Kier alpha value is -2.62. The molecule has 4 heteroatoms. The topological polar surface area (TPSA) is 46.3 Å². The van der Waals surface area contributed by atoms with Crippen LogP contribution in [0.25, 0.3) is 11.1 Å². The molecule has 2 aromatic carbocycles. The van der Waals surface area contributed by atoms with E-state index in [1.165, 1.54) is 24.8 Å². The van der Waals surface area contributed by atoms with E-state index in [1.807, 2.05) is 24.3 Å². The van der Waals surface area contributed by atoms with Crippen molar-refractivity contribution in [3.8, 4) is 0 Å². The number of oxazole rings is 1. The molecule has 4 nitrogen and oxygen atoms in total. The summed E-state index contributed by atoms with van der Waals surface area (Å²) < 4.78 is 5.90. The van der Waals surface area contributed by atoms with Gasteiger partial charge >= 0.3 is 0 Å². The molecule has 2 atom stereocenters. The van der Waals surface area contributed by atoms with Gasteiger partial charge in [0.15, 0.2) is 11.5 Å². The zero-order valence-electron chi connectivity index (χ0n) is 16.1. The first kappa shape index (κ1) is 17.5. The number of amides is 1. The number of nitrogens with zero attached hydrogens (tertiary/aromatic N) is 2. The summed E-state index contributed by atoms with van der Waals surface area (Å²) in [5.74, 6) is 1.62. The molecule has 2 aliphatic rings. The van der Waals surface area contributed by atoms with Gasteiger partial charge in [0.25, 0.3) is 5.91 Å². The Morgan fingerprint density at radius 1 is 1.11 bits per heavy atom.